The summed E-state index contributed by atoms with van der Waals surface area (Å²) >= 11 is 1.66. The average Bonchev–Trinajstić information content (AvgIpc) is 3.27. The molecule has 30 heavy (non-hydrogen) atoms. The molecular formula is C21H26N6O2S. The van der Waals surface area contributed by atoms with Crippen LogP contribution in [0.3, 0.4) is 0 Å². The van der Waals surface area contributed by atoms with E-state index in [0.717, 1.165) is 47.7 Å². The van der Waals surface area contributed by atoms with Gasteiger partial charge in [-0.1, -0.05) is 18.2 Å². The third-order valence-electron chi connectivity index (χ3n) is 5.36. The van der Waals surface area contributed by atoms with Crippen molar-refractivity contribution in [3.05, 3.63) is 46.0 Å². The van der Waals surface area contributed by atoms with Gasteiger partial charge in [-0.15, -0.1) is 11.3 Å². The monoisotopic (exact) mass is 426 g/mol. The Hall–Kier alpha value is -2.78. The molecule has 1 aromatic carbocycles. The van der Waals surface area contributed by atoms with Crippen molar-refractivity contribution in [2.45, 2.75) is 32.9 Å². The third-order valence-corrected chi connectivity index (χ3v) is 6.18. The highest BCUT2D eigenvalue weighted by atomic mass is 32.1. The van der Waals surface area contributed by atoms with Gasteiger partial charge in [-0.05, 0) is 26.3 Å². The number of thiazole rings is 1. The molecule has 0 aliphatic carbocycles. The topological polar surface area (TPSA) is 94.2 Å². The first-order valence-corrected chi connectivity index (χ1v) is 11.1. The number of aromatic amines is 1. The molecule has 8 nitrogen and oxygen atoms in total. The van der Waals surface area contributed by atoms with Crippen LogP contribution >= 0.6 is 11.3 Å². The number of hydrogen-bond donors (Lipinski definition) is 2. The maximum absolute atomic E-state index is 12.9. The summed E-state index contributed by atoms with van der Waals surface area (Å²) in [7, 11) is 0. The SMILES string of the molecule is Cc1nc(CN2CCCN(C(=O)C(C)NC(=O)c3n[nH]c4ccccc34)CC2)cs1. The summed E-state index contributed by atoms with van der Waals surface area (Å²) in [6.07, 6.45) is 0.902. The van der Waals surface area contributed by atoms with Crippen molar-refractivity contribution in [3.8, 4) is 0 Å². The number of para-hydroxylation sites is 1. The minimum atomic E-state index is -0.610. The fraction of sp³-hybridized carbons (Fsp3) is 0.429. The molecule has 158 valence electrons. The van der Waals surface area contributed by atoms with Crippen LogP contribution in [0.1, 0.15) is 34.5 Å². The second-order valence-corrected chi connectivity index (χ2v) is 8.69. The van der Waals surface area contributed by atoms with Crippen LogP contribution in [0.4, 0.5) is 0 Å². The number of aromatic nitrogens is 3. The number of nitrogens with one attached hydrogen (secondary N) is 2. The lowest BCUT2D eigenvalue weighted by atomic mass is 10.2. The molecule has 9 heteroatoms. The van der Waals surface area contributed by atoms with E-state index in [4.69, 9.17) is 0 Å². The number of hydrogen-bond acceptors (Lipinski definition) is 6. The molecule has 0 spiro atoms. The number of carbonyl (C=O) groups excluding carboxylic acids is 2. The van der Waals surface area contributed by atoms with Crippen molar-refractivity contribution in [1.29, 1.82) is 0 Å². The highest BCUT2D eigenvalue weighted by Crippen LogP contribution is 2.16. The van der Waals surface area contributed by atoms with Crippen molar-refractivity contribution in [2.75, 3.05) is 26.2 Å². The van der Waals surface area contributed by atoms with Gasteiger partial charge >= 0.3 is 0 Å². The minimum absolute atomic E-state index is 0.0606. The smallest absolute Gasteiger partial charge is 0.273 e. The standard InChI is InChI=1S/C21H26N6O2S/c1-14(22-20(28)19-17-6-3-4-7-18(17)24-25-19)21(29)27-9-5-8-26(10-11-27)12-16-13-30-15(2)23-16/h3-4,6-7,13-14H,5,8-12H2,1-2H3,(H,22,28)(H,24,25). The molecule has 0 saturated carbocycles. The van der Waals surface area contributed by atoms with Crippen LogP contribution in [0.25, 0.3) is 10.9 Å². The zero-order chi connectivity index (χ0) is 21.1. The van der Waals surface area contributed by atoms with Crippen LogP contribution in [0.15, 0.2) is 29.6 Å². The van der Waals surface area contributed by atoms with Crippen LogP contribution in [0, 0.1) is 6.92 Å². The zero-order valence-corrected chi connectivity index (χ0v) is 18.0. The van der Waals surface area contributed by atoms with Crippen molar-refractivity contribution in [3.63, 3.8) is 0 Å². The van der Waals surface area contributed by atoms with Gasteiger partial charge in [0.2, 0.25) is 5.91 Å². The molecule has 2 N–H and O–H groups in total. The number of rotatable bonds is 5. The molecule has 1 fully saturated rings. The molecule has 3 aromatic rings. The molecule has 3 heterocycles. The van der Waals surface area contributed by atoms with E-state index in [0.29, 0.717) is 18.8 Å². The van der Waals surface area contributed by atoms with Crippen LogP contribution in [0.5, 0.6) is 0 Å². The summed E-state index contributed by atoms with van der Waals surface area (Å²) in [5.41, 5.74) is 2.19. The number of H-pyrrole nitrogens is 1. The van der Waals surface area contributed by atoms with Gasteiger partial charge in [0, 0.05) is 43.5 Å². The lowest BCUT2D eigenvalue weighted by molar-refractivity contribution is -0.132. The highest BCUT2D eigenvalue weighted by Gasteiger charge is 2.26. The second kappa shape index (κ2) is 8.93. The predicted molar refractivity (Wildman–Crippen MR) is 116 cm³/mol. The predicted octanol–water partition coefficient (Wildman–Crippen LogP) is 2.18. The average molecular weight is 427 g/mol. The van der Waals surface area contributed by atoms with Crippen molar-refractivity contribution < 1.29 is 9.59 Å². The Morgan fingerprint density at radius 2 is 2.07 bits per heavy atom. The molecule has 1 aliphatic rings. The molecule has 1 unspecified atom stereocenters. The van der Waals surface area contributed by atoms with E-state index >= 15 is 0 Å². The summed E-state index contributed by atoms with van der Waals surface area (Å²) in [5, 5.41) is 13.7. The largest absolute Gasteiger partial charge is 0.340 e. The van der Waals surface area contributed by atoms with Gasteiger partial charge in [-0.25, -0.2) is 4.98 Å². The Morgan fingerprint density at radius 1 is 1.23 bits per heavy atom. The summed E-state index contributed by atoms with van der Waals surface area (Å²) in [6, 6.07) is 6.84. The highest BCUT2D eigenvalue weighted by molar-refractivity contribution is 7.09. The molecule has 1 aliphatic heterocycles. The quantitative estimate of drug-likeness (QED) is 0.652. The van der Waals surface area contributed by atoms with E-state index in [1.54, 1.807) is 18.3 Å². The molecule has 2 amide bonds. The van der Waals surface area contributed by atoms with E-state index in [-0.39, 0.29) is 11.8 Å². The van der Waals surface area contributed by atoms with E-state index in [1.165, 1.54) is 0 Å². The fourth-order valence-electron chi connectivity index (χ4n) is 3.80. The zero-order valence-electron chi connectivity index (χ0n) is 17.2. The van der Waals surface area contributed by atoms with Gasteiger partial charge in [0.05, 0.1) is 16.2 Å². The Morgan fingerprint density at radius 3 is 2.87 bits per heavy atom. The Kier molecular flexibility index (Phi) is 6.10. The van der Waals surface area contributed by atoms with Gasteiger partial charge < -0.3 is 10.2 Å². The third kappa shape index (κ3) is 4.52. The molecule has 0 bridgehead atoms. The molecule has 0 radical (unpaired) electrons. The van der Waals surface area contributed by atoms with E-state index in [2.05, 4.69) is 30.8 Å². The number of fused-ring (bicyclic) bond motifs is 1. The number of aryl methyl sites for hydroxylation is 1. The summed E-state index contributed by atoms with van der Waals surface area (Å²) < 4.78 is 0. The fourth-order valence-corrected chi connectivity index (χ4v) is 4.40. The number of benzene rings is 1. The van der Waals surface area contributed by atoms with Gasteiger partial charge in [-0.3, -0.25) is 19.6 Å². The van der Waals surface area contributed by atoms with Crippen LogP contribution in [0.2, 0.25) is 0 Å². The Labute approximate surface area is 179 Å². The maximum atomic E-state index is 12.9. The van der Waals surface area contributed by atoms with Gasteiger partial charge in [-0.2, -0.15) is 5.10 Å². The van der Waals surface area contributed by atoms with Crippen LogP contribution in [-0.2, 0) is 11.3 Å². The summed E-state index contributed by atoms with van der Waals surface area (Å²) in [6.45, 7) is 7.62. The first-order valence-electron chi connectivity index (χ1n) is 10.2. The lowest BCUT2D eigenvalue weighted by Gasteiger charge is -2.25. The Bertz CT molecular complexity index is 1040. The van der Waals surface area contributed by atoms with Gasteiger partial charge in [0.25, 0.3) is 5.91 Å². The number of carbonyl (C=O) groups is 2. The number of amides is 2. The van der Waals surface area contributed by atoms with E-state index in [1.807, 2.05) is 36.1 Å². The van der Waals surface area contributed by atoms with E-state index < -0.39 is 6.04 Å². The first kappa shape index (κ1) is 20.5. The lowest BCUT2D eigenvalue weighted by Crippen LogP contribution is -2.48. The van der Waals surface area contributed by atoms with Crippen LogP contribution < -0.4 is 5.32 Å². The minimum Gasteiger partial charge on any atom is -0.340 e. The Balaban J connectivity index is 1.33. The van der Waals surface area contributed by atoms with Crippen molar-refractivity contribution >= 4 is 34.1 Å². The van der Waals surface area contributed by atoms with Gasteiger partial charge in [0.1, 0.15) is 6.04 Å². The maximum Gasteiger partial charge on any atom is 0.273 e. The van der Waals surface area contributed by atoms with Crippen molar-refractivity contribution in [1.82, 2.24) is 30.3 Å². The van der Waals surface area contributed by atoms with Crippen LogP contribution in [-0.4, -0.2) is 69.0 Å². The molecule has 1 atom stereocenters. The first-order chi connectivity index (χ1) is 14.5. The second-order valence-electron chi connectivity index (χ2n) is 7.63. The molecule has 4 rings (SSSR count). The summed E-state index contributed by atoms with van der Waals surface area (Å²) in [4.78, 5) is 34.3. The molecule has 1 saturated heterocycles. The van der Waals surface area contributed by atoms with Crippen molar-refractivity contribution in [2.24, 2.45) is 0 Å². The van der Waals surface area contributed by atoms with E-state index in [9.17, 15) is 9.59 Å². The van der Waals surface area contributed by atoms with Gasteiger partial charge in [0.15, 0.2) is 5.69 Å². The molecular weight excluding hydrogens is 400 g/mol. The number of nitrogens with zero attached hydrogens (tertiary/aromatic N) is 4. The summed E-state index contributed by atoms with van der Waals surface area (Å²) in [5.74, 6) is -0.404. The molecule has 2 aromatic heterocycles. The normalized spacial score (nSPS) is 16.4.